The molecule has 2 rings (SSSR count). The molecule has 0 aliphatic heterocycles. The number of furan rings is 1. The lowest BCUT2D eigenvalue weighted by atomic mass is 10.1. The summed E-state index contributed by atoms with van der Waals surface area (Å²) in [5.41, 5.74) is 0. The third kappa shape index (κ3) is 4.61. The SMILES string of the molecule is COC(=O)CC(NC(=O)Cc1ccc(C)o1)c1ccc(Cl)s1. The smallest absolute Gasteiger partial charge is 0.307 e. The van der Waals surface area contributed by atoms with Crippen LogP contribution in [0.15, 0.2) is 28.7 Å². The maximum atomic E-state index is 12.1. The molecule has 0 aromatic carbocycles. The Labute approximate surface area is 137 Å². The first-order chi connectivity index (χ1) is 10.5. The number of thiophene rings is 1. The normalized spacial score (nSPS) is 12.0. The van der Waals surface area contributed by atoms with Crippen LogP contribution in [0, 0.1) is 6.92 Å². The van der Waals surface area contributed by atoms with E-state index in [1.807, 2.05) is 6.92 Å². The van der Waals surface area contributed by atoms with Crippen LogP contribution in [0.2, 0.25) is 4.34 Å². The Balaban J connectivity index is 2.05. The molecule has 1 atom stereocenters. The molecule has 0 spiro atoms. The van der Waals surface area contributed by atoms with Crippen molar-refractivity contribution < 1.29 is 18.7 Å². The number of esters is 1. The van der Waals surface area contributed by atoms with Gasteiger partial charge in [0, 0.05) is 4.88 Å². The number of rotatable bonds is 6. The molecule has 0 saturated carbocycles. The first-order valence-corrected chi connectivity index (χ1v) is 7.84. The van der Waals surface area contributed by atoms with Crippen LogP contribution in [0.25, 0.3) is 0 Å². The summed E-state index contributed by atoms with van der Waals surface area (Å²) < 4.78 is 10.6. The van der Waals surface area contributed by atoms with E-state index in [2.05, 4.69) is 10.1 Å². The van der Waals surface area contributed by atoms with Crippen LogP contribution >= 0.6 is 22.9 Å². The summed E-state index contributed by atoms with van der Waals surface area (Å²) in [6.07, 6.45) is 0.168. The lowest BCUT2D eigenvalue weighted by molar-refractivity contribution is -0.141. The van der Waals surface area contributed by atoms with E-state index in [1.54, 1.807) is 24.3 Å². The standard InChI is InChI=1S/C15H16ClNO4S/c1-9-3-4-10(21-9)7-14(18)17-11(8-15(19)20-2)12-5-6-13(16)22-12/h3-6,11H,7-8H2,1-2H3,(H,17,18). The topological polar surface area (TPSA) is 68.5 Å². The number of halogens is 1. The first-order valence-electron chi connectivity index (χ1n) is 6.64. The molecule has 118 valence electrons. The van der Waals surface area contributed by atoms with Crippen molar-refractivity contribution in [2.75, 3.05) is 7.11 Å². The number of carbonyl (C=O) groups excluding carboxylic acids is 2. The van der Waals surface area contributed by atoms with Crippen molar-refractivity contribution in [2.24, 2.45) is 0 Å². The zero-order valence-electron chi connectivity index (χ0n) is 12.2. The monoisotopic (exact) mass is 341 g/mol. The zero-order valence-corrected chi connectivity index (χ0v) is 13.8. The van der Waals surface area contributed by atoms with Gasteiger partial charge in [-0.25, -0.2) is 0 Å². The van der Waals surface area contributed by atoms with Crippen LogP contribution in [0.3, 0.4) is 0 Å². The van der Waals surface area contributed by atoms with E-state index >= 15 is 0 Å². The molecule has 2 aromatic rings. The fourth-order valence-corrected chi connectivity index (χ4v) is 3.08. The van der Waals surface area contributed by atoms with Crippen molar-refractivity contribution >= 4 is 34.8 Å². The van der Waals surface area contributed by atoms with Gasteiger partial charge < -0.3 is 14.5 Å². The molecular formula is C15H16ClNO4S. The van der Waals surface area contributed by atoms with Gasteiger partial charge in [-0.15, -0.1) is 11.3 Å². The molecule has 0 fully saturated rings. The molecule has 2 aromatic heterocycles. The van der Waals surface area contributed by atoms with Gasteiger partial charge in [0.15, 0.2) is 0 Å². The molecule has 0 radical (unpaired) electrons. The Hall–Kier alpha value is -1.79. The van der Waals surface area contributed by atoms with Gasteiger partial charge in [-0.05, 0) is 31.2 Å². The van der Waals surface area contributed by atoms with Gasteiger partial charge in [0.25, 0.3) is 0 Å². The Morgan fingerprint density at radius 3 is 2.68 bits per heavy atom. The van der Waals surface area contributed by atoms with E-state index in [0.717, 1.165) is 10.6 Å². The lowest BCUT2D eigenvalue weighted by Gasteiger charge is -2.16. The van der Waals surface area contributed by atoms with E-state index < -0.39 is 12.0 Å². The van der Waals surface area contributed by atoms with Gasteiger partial charge in [-0.2, -0.15) is 0 Å². The number of aryl methyl sites for hydroxylation is 1. The quantitative estimate of drug-likeness (QED) is 0.819. The Morgan fingerprint density at radius 2 is 2.14 bits per heavy atom. The average molecular weight is 342 g/mol. The van der Waals surface area contributed by atoms with Crippen LogP contribution in [0.1, 0.15) is 28.9 Å². The molecule has 2 heterocycles. The molecule has 22 heavy (non-hydrogen) atoms. The number of methoxy groups -OCH3 is 1. The van der Waals surface area contributed by atoms with Crippen LogP contribution in [0.5, 0.6) is 0 Å². The highest BCUT2D eigenvalue weighted by Crippen LogP contribution is 2.29. The minimum Gasteiger partial charge on any atom is -0.469 e. The Bertz CT molecular complexity index is 664. The van der Waals surface area contributed by atoms with Gasteiger partial charge in [0.05, 0.1) is 30.3 Å². The number of carbonyl (C=O) groups is 2. The van der Waals surface area contributed by atoms with Crippen LogP contribution in [-0.2, 0) is 20.7 Å². The molecule has 0 saturated heterocycles. The van der Waals surface area contributed by atoms with Crippen LogP contribution in [0.4, 0.5) is 0 Å². The number of nitrogens with one attached hydrogen (secondary N) is 1. The number of ether oxygens (including phenoxy) is 1. The number of amides is 1. The fraction of sp³-hybridized carbons (Fsp3) is 0.333. The largest absolute Gasteiger partial charge is 0.469 e. The van der Waals surface area contributed by atoms with Gasteiger partial charge in [-0.3, -0.25) is 9.59 Å². The molecule has 0 bridgehead atoms. The minimum absolute atomic E-state index is 0.0518. The van der Waals surface area contributed by atoms with Gasteiger partial charge >= 0.3 is 5.97 Å². The summed E-state index contributed by atoms with van der Waals surface area (Å²) in [6, 6.07) is 6.61. The first kappa shape index (κ1) is 16.6. The third-order valence-electron chi connectivity index (χ3n) is 3.00. The number of hydrogen-bond donors (Lipinski definition) is 1. The highest BCUT2D eigenvalue weighted by Gasteiger charge is 2.21. The second kappa shape index (κ2) is 7.47. The highest BCUT2D eigenvalue weighted by atomic mass is 35.5. The van der Waals surface area contributed by atoms with E-state index in [1.165, 1.54) is 18.4 Å². The molecule has 7 heteroatoms. The predicted octanol–water partition coefficient (Wildman–Crippen LogP) is 3.27. The molecule has 1 amide bonds. The van der Waals surface area contributed by atoms with E-state index in [-0.39, 0.29) is 18.7 Å². The molecule has 1 N–H and O–H groups in total. The Kier molecular flexibility index (Phi) is 5.63. The zero-order chi connectivity index (χ0) is 16.1. The maximum absolute atomic E-state index is 12.1. The summed E-state index contributed by atoms with van der Waals surface area (Å²) in [7, 11) is 1.31. The maximum Gasteiger partial charge on any atom is 0.307 e. The van der Waals surface area contributed by atoms with Crippen LogP contribution < -0.4 is 5.32 Å². The van der Waals surface area contributed by atoms with Crippen molar-refractivity contribution in [2.45, 2.75) is 25.8 Å². The second-order valence-corrected chi connectivity index (χ2v) is 6.48. The summed E-state index contributed by atoms with van der Waals surface area (Å²) in [5, 5.41) is 2.82. The average Bonchev–Trinajstić information content (AvgIpc) is 3.06. The highest BCUT2D eigenvalue weighted by molar-refractivity contribution is 7.16. The van der Waals surface area contributed by atoms with Crippen molar-refractivity contribution in [3.63, 3.8) is 0 Å². The molecule has 0 aliphatic rings. The second-order valence-electron chi connectivity index (χ2n) is 4.73. The van der Waals surface area contributed by atoms with Gasteiger partial charge in [-0.1, -0.05) is 11.6 Å². The van der Waals surface area contributed by atoms with Crippen molar-refractivity contribution in [3.8, 4) is 0 Å². The lowest BCUT2D eigenvalue weighted by Crippen LogP contribution is -2.31. The summed E-state index contributed by atoms with van der Waals surface area (Å²) in [6.45, 7) is 1.81. The summed E-state index contributed by atoms with van der Waals surface area (Å²) in [4.78, 5) is 24.5. The minimum atomic E-state index is -0.464. The fourth-order valence-electron chi connectivity index (χ4n) is 1.97. The molecule has 5 nitrogen and oxygen atoms in total. The summed E-state index contributed by atoms with van der Waals surface area (Å²) in [5.74, 6) is 0.700. The predicted molar refractivity (Wildman–Crippen MR) is 84.0 cm³/mol. The third-order valence-corrected chi connectivity index (χ3v) is 4.35. The molecular weight excluding hydrogens is 326 g/mol. The van der Waals surface area contributed by atoms with E-state index in [4.69, 9.17) is 16.0 Å². The molecule has 1 unspecified atom stereocenters. The summed E-state index contributed by atoms with van der Waals surface area (Å²) >= 11 is 7.24. The van der Waals surface area contributed by atoms with Crippen molar-refractivity contribution in [1.29, 1.82) is 0 Å². The Morgan fingerprint density at radius 1 is 1.36 bits per heavy atom. The van der Waals surface area contributed by atoms with Gasteiger partial charge in [0.2, 0.25) is 5.91 Å². The van der Waals surface area contributed by atoms with Crippen molar-refractivity contribution in [3.05, 3.63) is 45.0 Å². The van der Waals surface area contributed by atoms with E-state index in [9.17, 15) is 9.59 Å². The van der Waals surface area contributed by atoms with Crippen molar-refractivity contribution in [1.82, 2.24) is 5.32 Å². The van der Waals surface area contributed by atoms with E-state index in [0.29, 0.717) is 10.1 Å². The molecule has 0 aliphatic carbocycles. The van der Waals surface area contributed by atoms with Gasteiger partial charge in [0.1, 0.15) is 11.5 Å². The van der Waals surface area contributed by atoms with Crippen LogP contribution in [-0.4, -0.2) is 19.0 Å². The number of hydrogen-bond acceptors (Lipinski definition) is 5.